The highest BCUT2D eigenvalue weighted by Crippen LogP contribution is 2.40. The van der Waals surface area contributed by atoms with Crippen molar-refractivity contribution >= 4 is 56.6 Å². The Bertz CT molecular complexity index is 1730. The monoisotopic (exact) mass is 530 g/mol. The molecule has 5 N–H and O–H groups in total. The second-order valence-electron chi connectivity index (χ2n) is 8.65. The number of aromatic amines is 1. The molecule has 1 atom stereocenters. The lowest BCUT2D eigenvalue weighted by atomic mass is 9.93. The van der Waals surface area contributed by atoms with Gasteiger partial charge in [0.25, 0.3) is 17.2 Å². The average Bonchev–Trinajstić information content (AvgIpc) is 3.31. The summed E-state index contributed by atoms with van der Waals surface area (Å²) < 4.78 is 35.5. The van der Waals surface area contributed by atoms with Crippen LogP contribution in [-0.2, 0) is 17.8 Å². The molecule has 0 aliphatic carbocycles. The Kier molecular flexibility index (Phi) is 6.77. The molecule has 10 heteroatoms. The molecule has 0 bridgehead atoms. The fourth-order valence-electron chi connectivity index (χ4n) is 4.60. The third kappa shape index (κ3) is 4.45. The first-order valence-corrected chi connectivity index (χ1v) is 12.7. The van der Waals surface area contributed by atoms with Crippen molar-refractivity contribution in [3.8, 4) is 11.1 Å². The number of aldehydes is 1. The first-order valence-electron chi connectivity index (χ1n) is 11.6. The summed E-state index contributed by atoms with van der Waals surface area (Å²) in [5, 5.41) is 4.46. The number of aromatic nitrogens is 1. The zero-order valence-corrected chi connectivity index (χ0v) is 21.0. The second-order valence-corrected chi connectivity index (χ2v) is 9.66. The molecular formula is C28H23FN4O4S. The van der Waals surface area contributed by atoms with Crippen LogP contribution >= 0.6 is 0 Å². The first-order chi connectivity index (χ1) is 18.3. The van der Waals surface area contributed by atoms with Crippen molar-refractivity contribution in [1.82, 2.24) is 4.98 Å². The molecule has 1 heterocycles. The third-order valence-electron chi connectivity index (χ3n) is 6.52. The van der Waals surface area contributed by atoms with Crippen LogP contribution in [0.3, 0.4) is 0 Å². The minimum atomic E-state index is -2.19. The molecule has 0 spiro atoms. The van der Waals surface area contributed by atoms with Gasteiger partial charge in [0.15, 0.2) is 6.29 Å². The lowest BCUT2D eigenvalue weighted by molar-refractivity contribution is 0.102. The van der Waals surface area contributed by atoms with Gasteiger partial charge in [0.2, 0.25) is 0 Å². The Morgan fingerprint density at radius 1 is 1.11 bits per heavy atom. The minimum absolute atomic E-state index is 0.117. The van der Waals surface area contributed by atoms with Crippen LogP contribution < -0.4 is 15.4 Å². The van der Waals surface area contributed by atoms with Gasteiger partial charge in [0, 0.05) is 46.7 Å². The molecule has 192 valence electrons. The van der Waals surface area contributed by atoms with Gasteiger partial charge in [-0.05, 0) is 65.2 Å². The Morgan fingerprint density at radius 2 is 1.87 bits per heavy atom. The van der Waals surface area contributed by atoms with Crippen molar-refractivity contribution in [2.45, 2.75) is 6.54 Å². The highest BCUT2D eigenvalue weighted by Gasteiger charge is 2.19. The van der Waals surface area contributed by atoms with Gasteiger partial charge in [0.05, 0.1) is 11.2 Å². The van der Waals surface area contributed by atoms with E-state index in [0.29, 0.717) is 39.1 Å². The maximum atomic E-state index is 13.3. The molecule has 0 radical (unpaired) electrons. The van der Waals surface area contributed by atoms with Crippen LogP contribution in [0.1, 0.15) is 26.3 Å². The van der Waals surface area contributed by atoms with E-state index in [1.165, 1.54) is 35.6 Å². The van der Waals surface area contributed by atoms with E-state index < -0.39 is 23.0 Å². The molecule has 0 aliphatic heterocycles. The molecule has 4 aromatic carbocycles. The lowest BCUT2D eigenvalue weighted by Crippen LogP contribution is -2.18. The molecule has 5 rings (SSSR count). The highest BCUT2D eigenvalue weighted by atomic mass is 32.2. The molecule has 0 saturated carbocycles. The number of amides is 1. The Balaban J connectivity index is 1.67. The standard InChI is InChI=1S/C28H23FN4O4S/c1-33(38(36)37)19-10-12-22-25(13-19)31-27-17(15-34)7-11-21(26(22)27)20-3-2-4-24(23(20)14-30)32-28(35)16-5-8-18(29)9-6-16/h2-13,15,31H,14,30H2,1H3,(H,32,35)(H,36,37). The van der Waals surface area contributed by atoms with Crippen LogP contribution in [0.5, 0.6) is 0 Å². The number of hydrogen-bond acceptors (Lipinski definition) is 4. The smallest absolute Gasteiger partial charge is 0.261 e. The number of nitrogens with two attached hydrogens (primary N) is 1. The zero-order valence-electron chi connectivity index (χ0n) is 20.2. The quantitative estimate of drug-likeness (QED) is 0.169. The first kappa shape index (κ1) is 25.3. The molecular weight excluding hydrogens is 507 g/mol. The van der Waals surface area contributed by atoms with Crippen molar-refractivity contribution < 1.29 is 22.7 Å². The van der Waals surface area contributed by atoms with Gasteiger partial charge >= 0.3 is 0 Å². The summed E-state index contributed by atoms with van der Waals surface area (Å²) in [6.07, 6.45) is 0.764. The van der Waals surface area contributed by atoms with E-state index in [-0.39, 0.29) is 6.54 Å². The van der Waals surface area contributed by atoms with Gasteiger partial charge in [0.1, 0.15) is 5.82 Å². The topological polar surface area (TPSA) is 129 Å². The van der Waals surface area contributed by atoms with E-state index in [1.807, 2.05) is 18.2 Å². The van der Waals surface area contributed by atoms with Gasteiger partial charge in [-0.1, -0.05) is 24.3 Å². The summed E-state index contributed by atoms with van der Waals surface area (Å²) >= 11 is -2.19. The molecule has 8 nitrogen and oxygen atoms in total. The normalized spacial score (nSPS) is 12.0. The number of rotatable bonds is 7. The zero-order chi connectivity index (χ0) is 27.0. The van der Waals surface area contributed by atoms with Gasteiger partial charge in [-0.2, -0.15) is 0 Å². The highest BCUT2D eigenvalue weighted by molar-refractivity contribution is 7.80. The maximum absolute atomic E-state index is 13.3. The number of H-pyrrole nitrogens is 1. The number of nitrogens with zero attached hydrogens (tertiary/aromatic N) is 1. The lowest BCUT2D eigenvalue weighted by Gasteiger charge is -2.16. The summed E-state index contributed by atoms with van der Waals surface area (Å²) in [4.78, 5) is 28.0. The van der Waals surface area contributed by atoms with Crippen molar-refractivity contribution in [3.05, 3.63) is 95.3 Å². The van der Waals surface area contributed by atoms with Crippen molar-refractivity contribution in [2.24, 2.45) is 5.73 Å². The minimum Gasteiger partial charge on any atom is -0.354 e. The predicted molar refractivity (Wildman–Crippen MR) is 148 cm³/mol. The summed E-state index contributed by atoms with van der Waals surface area (Å²) in [6, 6.07) is 19.5. The van der Waals surface area contributed by atoms with Crippen molar-refractivity contribution in [3.63, 3.8) is 0 Å². The molecule has 0 fully saturated rings. The number of benzene rings is 4. The fraction of sp³-hybridized carbons (Fsp3) is 0.0714. The number of hydrogen-bond donors (Lipinski definition) is 4. The van der Waals surface area contributed by atoms with Crippen LogP contribution in [0.4, 0.5) is 15.8 Å². The molecule has 0 aliphatic rings. The summed E-state index contributed by atoms with van der Waals surface area (Å²) in [5.74, 6) is -0.834. The second kappa shape index (κ2) is 10.2. The van der Waals surface area contributed by atoms with Gasteiger partial charge in [-0.25, -0.2) is 8.60 Å². The maximum Gasteiger partial charge on any atom is 0.261 e. The van der Waals surface area contributed by atoms with Crippen molar-refractivity contribution in [1.29, 1.82) is 0 Å². The number of fused-ring (bicyclic) bond motifs is 3. The number of carbonyl (C=O) groups is 2. The summed E-state index contributed by atoms with van der Waals surface area (Å²) in [5.41, 5.74) is 11.5. The number of carbonyl (C=O) groups excluding carboxylic acids is 2. The van der Waals surface area contributed by atoms with E-state index in [9.17, 15) is 22.7 Å². The molecule has 1 unspecified atom stereocenters. The van der Waals surface area contributed by atoms with Gasteiger partial charge in [-0.3, -0.25) is 18.4 Å². The Hall–Kier alpha value is -4.38. The molecule has 1 aromatic heterocycles. The summed E-state index contributed by atoms with van der Waals surface area (Å²) in [7, 11) is 1.50. The molecule has 5 aromatic rings. The number of nitrogens with one attached hydrogen (secondary N) is 2. The Morgan fingerprint density at radius 3 is 2.55 bits per heavy atom. The van der Waals surface area contributed by atoms with E-state index in [2.05, 4.69) is 10.3 Å². The molecule has 1 amide bonds. The van der Waals surface area contributed by atoms with E-state index in [4.69, 9.17) is 5.73 Å². The Labute approximate surface area is 219 Å². The number of halogens is 1. The number of anilines is 2. The van der Waals surface area contributed by atoms with Crippen LogP contribution in [0.25, 0.3) is 32.9 Å². The third-order valence-corrected chi connectivity index (χ3v) is 7.20. The van der Waals surface area contributed by atoms with E-state index in [0.717, 1.165) is 28.2 Å². The predicted octanol–water partition coefficient (Wildman–Crippen LogP) is 5.22. The van der Waals surface area contributed by atoms with Gasteiger partial charge < -0.3 is 16.0 Å². The van der Waals surface area contributed by atoms with E-state index in [1.54, 1.807) is 30.3 Å². The average molecular weight is 531 g/mol. The SMILES string of the molecule is CN(c1ccc2c(c1)[nH]c1c(C=O)ccc(-c3cccc(NC(=O)c4ccc(F)cc4)c3CN)c12)S(=O)O. The largest absolute Gasteiger partial charge is 0.354 e. The summed E-state index contributed by atoms with van der Waals surface area (Å²) in [6.45, 7) is 0.117. The van der Waals surface area contributed by atoms with Crippen LogP contribution in [0.2, 0.25) is 0 Å². The van der Waals surface area contributed by atoms with Crippen LogP contribution in [0.15, 0.2) is 72.8 Å². The van der Waals surface area contributed by atoms with Crippen LogP contribution in [-0.4, -0.2) is 33.0 Å². The fourth-order valence-corrected chi connectivity index (χ4v) is 4.90. The van der Waals surface area contributed by atoms with E-state index >= 15 is 0 Å². The van der Waals surface area contributed by atoms with Crippen LogP contribution in [0, 0.1) is 5.82 Å². The molecule has 38 heavy (non-hydrogen) atoms. The van der Waals surface area contributed by atoms with Crippen molar-refractivity contribution in [2.75, 3.05) is 16.7 Å². The van der Waals surface area contributed by atoms with Gasteiger partial charge in [-0.15, -0.1) is 0 Å². The molecule has 0 saturated heterocycles.